The Labute approximate surface area is 206 Å². The summed E-state index contributed by atoms with van der Waals surface area (Å²) in [6, 6.07) is 0. The van der Waals surface area contributed by atoms with Gasteiger partial charge in [-0.15, -0.1) is 0 Å². The van der Waals surface area contributed by atoms with Gasteiger partial charge in [0.05, 0.1) is 13.2 Å². The molecule has 32 heavy (non-hydrogen) atoms. The second-order valence-electron chi connectivity index (χ2n) is 4.78. The minimum Gasteiger partial charge on any atom is -0.550 e. The molecule has 0 saturated carbocycles. The first kappa shape index (κ1) is 38.1. The summed E-state index contributed by atoms with van der Waals surface area (Å²) in [6.07, 6.45) is -2.41. The van der Waals surface area contributed by atoms with Gasteiger partial charge in [-0.3, -0.25) is 18.9 Å². The molecular formula is C12H18Li2O16S2. The molecule has 0 aliphatic rings. The van der Waals surface area contributed by atoms with E-state index in [-0.39, 0.29) is 50.9 Å². The third-order valence-corrected chi connectivity index (χ3v) is 4.62. The van der Waals surface area contributed by atoms with Crippen molar-refractivity contribution < 1.29 is 113 Å². The molecule has 0 aliphatic heterocycles. The fourth-order valence-electron chi connectivity index (χ4n) is 1.26. The summed E-state index contributed by atoms with van der Waals surface area (Å²) in [5.74, 6) is -6.65. The second-order valence-corrected chi connectivity index (χ2v) is 7.98. The van der Waals surface area contributed by atoms with Gasteiger partial charge in [0, 0.05) is 24.8 Å². The molecular weight excluding hydrogens is 478 g/mol. The first-order valence-electron chi connectivity index (χ1n) is 7.56. The number of hydrogen-bond acceptors (Lipinski definition) is 14. The van der Waals surface area contributed by atoms with Crippen LogP contribution in [0.2, 0.25) is 0 Å². The maximum atomic E-state index is 10.9. The number of carbonyl (C=O) groups is 4. The van der Waals surface area contributed by atoms with Crippen LogP contribution in [0.3, 0.4) is 0 Å². The van der Waals surface area contributed by atoms with Gasteiger partial charge in [0.15, 0.2) is 10.5 Å². The van der Waals surface area contributed by atoms with Gasteiger partial charge in [-0.05, 0) is 13.8 Å². The molecule has 0 saturated heterocycles. The molecule has 16 nitrogen and oxygen atoms in total. The van der Waals surface area contributed by atoms with Crippen molar-refractivity contribution in [2.24, 2.45) is 0 Å². The van der Waals surface area contributed by atoms with E-state index >= 15 is 0 Å². The molecule has 2 atom stereocenters. The predicted octanol–water partition coefficient (Wildman–Crippen LogP) is -10.2. The van der Waals surface area contributed by atoms with E-state index in [2.05, 4.69) is 19.6 Å². The maximum Gasteiger partial charge on any atom is 1.00 e. The van der Waals surface area contributed by atoms with E-state index in [0.29, 0.717) is 0 Å². The Morgan fingerprint density at radius 3 is 1.12 bits per heavy atom. The van der Waals surface area contributed by atoms with E-state index in [4.69, 9.17) is 9.11 Å². The molecule has 0 amide bonds. The molecule has 0 fully saturated rings. The summed E-state index contributed by atoms with van der Waals surface area (Å²) in [7, 11) is -9.73. The van der Waals surface area contributed by atoms with Crippen LogP contribution in [0.1, 0.15) is 26.7 Å². The zero-order valence-corrected chi connectivity index (χ0v) is 19.0. The normalized spacial score (nSPS) is 12.4. The molecule has 0 aromatic heterocycles. The summed E-state index contributed by atoms with van der Waals surface area (Å²) in [5, 5.41) is 15.7. The molecule has 0 aromatic carbocycles. The van der Waals surface area contributed by atoms with Gasteiger partial charge in [0.25, 0.3) is 20.2 Å². The molecule has 0 heterocycles. The predicted molar refractivity (Wildman–Crippen MR) is 85.4 cm³/mol. The number of carboxylic acids is 2. The van der Waals surface area contributed by atoms with E-state index in [1.165, 1.54) is 13.8 Å². The van der Waals surface area contributed by atoms with Crippen molar-refractivity contribution >= 4 is 44.1 Å². The van der Waals surface area contributed by atoms with Crippen molar-refractivity contribution in [1.82, 2.24) is 0 Å². The quantitative estimate of drug-likeness (QED) is 0.110. The molecule has 2 N–H and O–H groups in total. The molecule has 0 spiro atoms. The summed E-state index contributed by atoms with van der Waals surface area (Å²) in [6.45, 7) is 2.81. The van der Waals surface area contributed by atoms with Crippen molar-refractivity contribution in [1.29, 1.82) is 0 Å². The Bertz CT molecular complexity index is 741. The van der Waals surface area contributed by atoms with Gasteiger partial charge < -0.3 is 19.8 Å². The van der Waals surface area contributed by atoms with Crippen LogP contribution >= 0.6 is 0 Å². The second kappa shape index (κ2) is 18.3. The number of aliphatic carboxylic acids is 2. The van der Waals surface area contributed by atoms with Gasteiger partial charge in [-0.1, -0.05) is 0 Å². The van der Waals surface area contributed by atoms with Crippen LogP contribution in [0.25, 0.3) is 0 Å². The van der Waals surface area contributed by atoms with E-state index < -0.39 is 67.5 Å². The van der Waals surface area contributed by atoms with Crippen LogP contribution in [0.15, 0.2) is 0 Å². The average Bonchev–Trinajstić information content (AvgIpc) is 2.58. The Kier molecular flexibility index (Phi) is 21.7. The number of carbonyl (C=O) groups excluding carboxylic acids is 4. The Balaban J connectivity index is -0.000000231. The van der Waals surface area contributed by atoms with Crippen molar-refractivity contribution in [3.8, 4) is 0 Å². The minimum absolute atomic E-state index is 0. The van der Waals surface area contributed by atoms with Crippen LogP contribution in [-0.4, -0.2) is 73.5 Å². The first-order chi connectivity index (χ1) is 13.6. The molecule has 0 aliphatic carbocycles. The summed E-state index contributed by atoms with van der Waals surface area (Å²) < 4.78 is 59.4. The van der Waals surface area contributed by atoms with Gasteiger partial charge in [0.2, 0.25) is 0 Å². The molecule has 2 unspecified atom stereocenters. The molecule has 0 radical (unpaired) electrons. The molecule has 0 aromatic rings. The van der Waals surface area contributed by atoms with Gasteiger partial charge in [-0.2, -0.15) is 26.6 Å². The summed E-state index contributed by atoms with van der Waals surface area (Å²) >= 11 is 0. The number of hydrogen-bond donors (Lipinski definition) is 2. The van der Waals surface area contributed by atoms with Crippen LogP contribution in [0, 0.1) is 0 Å². The fourth-order valence-corrected chi connectivity index (χ4v) is 2.52. The molecule has 176 valence electrons. The van der Waals surface area contributed by atoms with Gasteiger partial charge in [-0.25, -0.2) is 9.59 Å². The van der Waals surface area contributed by atoms with Crippen LogP contribution in [0.4, 0.5) is 0 Å². The van der Waals surface area contributed by atoms with Gasteiger partial charge in [0.1, 0.15) is 0 Å². The number of carboxylic acid groups (broad SMARTS) is 2. The third kappa shape index (κ3) is 18.4. The minimum atomic E-state index is -4.87. The maximum absolute atomic E-state index is 10.9. The van der Waals surface area contributed by atoms with Gasteiger partial charge >= 0.3 is 49.7 Å². The van der Waals surface area contributed by atoms with E-state index in [0.717, 1.165) is 0 Å². The Hall–Kier alpha value is -1.19. The topological polar surface area (TPSA) is 260 Å². The molecule has 20 heteroatoms. The van der Waals surface area contributed by atoms with Crippen LogP contribution in [-0.2, 0) is 59.0 Å². The van der Waals surface area contributed by atoms with Crippen LogP contribution < -0.4 is 47.9 Å². The third-order valence-electron chi connectivity index (χ3n) is 2.47. The monoisotopic (exact) mass is 496 g/mol. The van der Waals surface area contributed by atoms with E-state index in [9.17, 15) is 46.2 Å². The zero-order valence-electron chi connectivity index (χ0n) is 17.4. The zero-order chi connectivity index (χ0) is 24.1. The van der Waals surface area contributed by atoms with Crippen molar-refractivity contribution in [3.05, 3.63) is 0 Å². The Morgan fingerprint density at radius 2 is 0.969 bits per heavy atom. The van der Waals surface area contributed by atoms with Crippen molar-refractivity contribution in [2.45, 2.75) is 37.2 Å². The standard InChI is InChI=1S/2C6H10O8S.2Li/c2*1-2-13-14-6(9)4(3-5(7)8)15(10,11)12;;/h2*4H,2-3H2,1H3,(H,7,8)(H,10,11,12);;/q;;2*+1/p-2. The van der Waals surface area contributed by atoms with Crippen molar-refractivity contribution in [3.63, 3.8) is 0 Å². The number of rotatable bonds is 12. The summed E-state index contributed by atoms with van der Waals surface area (Å²) in [5.41, 5.74) is 0. The average molecular weight is 496 g/mol. The summed E-state index contributed by atoms with van der Waals surface area (Å²) in [4.78, 5) is 58.1. The first-order valence-corrected chi connectivity index (χ1v) is 10.6. The van der Waals surface area contributed by atoms with E-state index in [1.54, 1.807) is 0 Å². The Morgan fingerprint density at radius 1 is 0.719 bits per heavy atom. The van der Waals surface area contributed by atoms with E-state index in [1.807, 2.05) is 0 Å². The van der Waals surface area contributed by atoms with Crippen LogP contribution in [0.5, 0.6) is 0 Å². The SMILES string of the molecule is CCOOC(=O)C(CC(=O)[O-])S(=O)(=O)O.CCOOC(=O)C(CC(=O)[O-])S(=O)(=O)O.[Li+].[Li+]. The largest absolute Gasteiger partial charge is 1.00 e. The molecule has 0 rings (SSSR count). The van der Waals surface area contributed by atoms with Crippen molar-refractivity contribution in [2.75, 3.05) is 13.2 Å². The fraction of sp³-hybridized carbons (Fsp3) is 0.667. The molecule has 0 bridgehead atoms. The smallest absolute Gasteiger partial charge is 0.550 e.